The Hall–Kier alpha value is -3.17. The molecule has 1 aromatic heterocycles. The second-order valence-electron chi connectivity index (χ2n) is 5.27. The number of rotatable bonds is 5. The van der Waals surface area contributed by atoms with Gasteiger partial charge in [0.25, 0.3) is 0 Å². The van der Waals surface area contributed by atoms with Crippen molar-refractivity contribution in [3.05, 3.63) is 48.2 Å². The molecule has 1 N–H and O–H groups in total. The van der Waals surface area contributed by atoms with Crippen LogP contribution in [0.1, 0.15) is 5.56 Å². The third kappa shape index (κ3) is 3.73. The lowest BCUT2D eigenvalue weighted by atomic mass is 10.1. The summed E-state index contributed by atoms with van der Waals surface area (Å²) in [5, 5.41) is 13.6. The number of pyridine rings is 1. The number of benzene rings is 2. The number of hydrogen-bond donors (Lipinski definition) is 1. The van der Waals surface area contributed by atoms with Gasteiger partial charge in [0.1, 0.15) is 23.3 Å². The van der Waals surface area contributed by atoms with Crippen molar-refractivity contribution in [2.75, 3.05) is 26.6 Å². The molecular weight excluding hydrogens is 354 g/mol. The first-order valence-corrected chi connectivity index (χ1v) is 7.55. The van der Waals surface area contributed by atoms with Crippen molar-refractivity contribution >= 4 is 34.7 Å². The molecule has 1 heterocycles. The molecule has 2 aromatic carbocycles. The van der Waals surface area contributed by atoms with E-state index in [1.54, 1.807) is 33.6 Å². The first kappa shape index (κ1) is 19.2. The maximum absolute atomic E-state index is 9.47. The normalized spacial score (nSPS) is 9.77. The van der Waals surface area contributed by atoms with E-state index in [0.717, 1.165) is 16.6 Å². The Morgan fingerprint density at radius 1 is 0.923 bits per heavy atom. The molecule has 0 spiro atoms. The quantitative estimate of drug-likeness (QED) is 0.720. The van der Waals surface area contributed by atoms with E-state index >= 15 is 0 Å². The summed E-state index contributed by atoms with van der Waals surface area (Å²) in [6.45, 7) is 0. The van der Waals surface area contributed by atoms with Gasteiger partial charge in [-0.1, -0.05) is 0 Å². The fourth-order valence-electron chi connectivity index (χ4n) is 2.54. The van der Waals surface area contributed by atoms with E-state index in [4.69, 9.17) is 14.2 Å². The number of aromatic nitrogens is 1. The number of nitrogens with zero attached hydrogens (tertiary/aromatic N) is 2. The number of anilines is 2. The predicted octanol–water partition coefficient (Wildman–Crippen LogP) is 4.30. The minimum atomic E-state index is 0. The van der Waals surface area contributed by atoms with Crippen LogP contribution in [0, 0.1) is 11.3 Å². The molecule has 0 radical (unpaired) electrons. The number of nitrogens with one attached hydrogen (secondary N) is 1. The smallest absolute Gasteiger partial charge is 0.124 e. The molecule has 0 fully saturated rings. The molecule has 3 rings (SSSR count). The van der Waals surface area contributed by atoms with E-state index in [2.05, 4.69) is 16.4 Å². The Morgan fingerprint density at radius 3 is 2.15 bits per heavy atom. The van der Waals surface area contributed by atoms with Gasteiger partial charge in [-0.3, -0.25) is 4.98 Å². The zero-order valence-electron chi connectivity index (χ0n) is 14.6. The van der Waals surface area contributed by atoms with Crippen LogP contribution in [-0.2, 0) is 0 Å². The van der Waals surface area contributed by atoms with Gasteiger partial charge in [-0.05, 0) is 18.2 Å². The lowest BCUT2D eigenvalue weighted by Crippen LogP contribution is -1.98. The Bertz CT molecular complexity index is 948. The first-order valence-electron chi connectivity index (χ1n) is 7.55. The highest BCUT2D eigenvalue weighted by Gasteiger charge is 2.12. The van der Waals surface area contributed by atoms with Crippen molar-refractivity contribution in [1.82, 2.24) is 4.98 Å². The molecule has 3 aromatic rings. The number of nitriles is 1. The lowest BCUT2D eigenvalue weighted by Gasteiger charge is -2.14. The maximum Gasteiger partial charge on any atom is 0.124 e. The molecular formula is C19H18ClN3O3. The maximum atomic E-state index is 9.47. The van der Waals surface area contributed by atoms with Crippen LogP contribution in [0.15, 0.2) is 42.6 Å². The van der Waals surface area contributed by atoms with Crippen LogP contribution in [0.5, 0.6) is 17.2 Å². The van der Waals surface area contributed by atoms with E-state index in [0.29, 0.717) is 28.5 Å². The molecule has 0 saturated heterocycles. The number of fused-ring (bicyclic) bond motifs is 1. The zero-order valence-corrected chi connectivity index (χ0v) is 15.4. The van der Waals surface area contributed by atoms with Crippen molar-refractivity contribution in [3.8, 4) is 23.3 Å². The van der Waals surface area contributed by atoms with Crippen molar-refractivity contribution in [3.63, 3.8) is 0 Å². The molecule has 134 valence electrons. The van der Waals surface area contributed by atoms with Gasteiger partial charge < -0.3 is 19.5 Å². The fraction of sp³-hybridized carbons (Fsp3) is 0.158. The van der Waals surface area contributed by atoms with Gasteiger partial charge >= 0.3 is 0 Å². The monoisotopic (exact) mass is 371 g/mol. The minimum Gasteiger partial charge on any atom is -0.497 e. The summed E-state index contributed by atoms with van der Waals surface area (Å²) in [5.41, 5.74) is 2.59. The molecule has 0 amide bonds. The summed E-state index contributed by atoms with van der Waals surface area (Å²) >= 11 is 0. The summed E-state index contributed by atoms with van der Waals surface area (Å²) in [6, 6.07) is 13.2. The Kier molecular flexibility index (Phi) is 6.10. The van der Waals surface area contributed by atoms with E-state index in [1.807, 2.05) is 30.3 Å². The minimum absolute atomic E-state index is 0. The summed E-state index contributed by atoms with van der Waals surface area (Å²) in [7, 11) is 4.78. The van der Waals surface area contributed by atoms with Crippen molar-refractivity contribution in [2.24, 2.45) is 0 Å². The van der Waals surface area contributed by atoms with Gasteiger partial charge in [-0.25, -0.2) is 0 Å². The number of methoxy groups -OCH3 is 3. The topological polar surface area (TPSA) is 76.4 Å². The lowest BCUT2D eigenvalue weighted by molar-refractivity contribution is 0.395. The second kappa shape index (κ2) is 8.28. The van der Waals surface area contributed by atoms with Crippen LogP contribution in [0.3, 0.4) is 0 Å². The fourth-order valence-corrected chi connectivity index (χ4v) is 2.54. The molecule has 0 bridgehead atoms. The summed E-state index contributed by atoms with van der Waals surface area (Å²) < 4.78 is 15.9. The average Bonchev–Trinajstić information content (AvgIpc) is 2.67. The summed E-state index contributed by atoms with van der Waals surface area (Å²) in [6.07, 6.45) is 1.55. The van der Waals surface area contributed by atoms with Gasteiger partial charge in [0.15, 0.2) is 0 Å². The van der Waals surface area contributed by atoms with Crippen LogP contribution in [0.25, 0.3) is 10.9 Å². The highest BCUT2D eigenvalue weighted by Crippen LogP contribution is 2.34. The van der Waals surface area contributed by atoms with Gasteiger partial charge in [0, 0.05) is 35.5 Å². The largest absolute Gasteiger partial charge is 0.497 e. The van der Waals surface area contributed by atoms with Crippen LogP contribution >= 0.6 is 12.4 Å². The van der Waals surface area contributed by atoms with Gasteiger partial charge in [0.2, 0.25) is 0 Å². The predicted molar refractivity (Wildman–Crippen MR) is 103 cm³/mol. The Labute approximate surface area is 157 Å². The highest BCUT2D eigenvalue weighted by molar-refractivity contribution is 5.96. The number of halogens is 1. The van der Waals surface area contributed by atoms with E-state index in [9.17, 15) is 5.26 Å². The molecule has 0 aliphatic heterocycles. The Morgan fingerprint density at radius 2 is 1.58 bits per heavy atom. The third-order valence-corrected chi connectivity index (χ3v) is 3.82. The van der Waals surface area contributed by atoms with Gasteiger partial charge in [-0.15, -0.1) is 12.4 Å². The molecule has 0 unspecified atom stereocenters. The molecule has 7 heteroatoms. The van der Waals surface area contributed by atoms with Crippen LogP contribution in [-0.4, -0.2) is 26.3 Å². The standard InChI is InChI=1S/C19H17N3O3.ClH/c1-23-14-4-5-18-17(9-14)19(12(10-20)11-21-18)22-13-6-15(24-2)8-16(7-13)25-3;/h4-9,11H,1-3H3,(H,21,22);1H. The van der Waals surface area contributed by atoms with Crippen LogP contribution in [0.2, 0.25) is 0 Å². The van der Waals surface area contributed by atoms with Crippen molar-refractivity contribution < 1.29 is 14.2 Å². The number of hydrogen-bond acceptors (Lipinski definition) is 6. The highest BCUT2D eigenvalue weighted by atomic mass is 35.5. The molecule has 6 nitrogen and oxygen atoms in total. The molecule has 0 aliphatic carbocycles. The average molecular weight is 372 g/mol. The summed E-state index contributed by atoms with van der Waals surface area (Å²) in [5.74, 6) is 1.99. The zero-order chi connectivity index (χ0) is 17.8. The SMILES string of the molecule is COc1cc(Nc2c(C#N)cnc3ccc(OC)cc23)cc(OC)c1.Cl. The van der Waals surface area contributed by atoms with Crippen LogP contribution < -0.4 is 19.5 Å². The van der Waals surface area contributed by atoms with E-state index < -0.39 is 0 Å². The van der Waals surface area contributed by atoms with E-state index in [1.165, 1.54) is 0 Å². The molecule has 0 aliphatic rings. The Balaban J connectivity index is 0.00000243. The second-order valence-corrected chi connectivity index (χ2v) is 5.27. The molecule has 0 atom stereocenters. The van der Waals surface area contributed by atoms with Gasteiger partial charge in [-0.2, -0.15) is 5.26 Å². The van der Waals surface area contributed by atoms with Gasteiger partial charge in [0.05, 0.1) is 38.1 Å². The third-order valence-electron chi connectivity index (χ3n) is 3.82. The van der Waals surface area contributed by atoms with Crippen LogP contribution in [0.4, 0.5) is 11.4 Å². The summed E-state index contributed by atoms with van der Waals surface area (Å²) in [4.78, 5) is 4.33. The van der Waals surface area contributed by atoms with E-state index in [-0.39, 0.29) is 12.4 Å². The van der Waals surface area contributed by atoms with Crippen molar-refractivity contribution in [2.45, 2.75) is 0 Å². The van der Waals surface area contributed by atoms with Crippen molar-refractivity contribution in [1.29, 1.82) is 5.26 Å². The molecule has 26 heavy (non-hydrogen) atoms. The molecule has 0 saturated carbocycles. The first-order chi connectivity index (χ1) is 12.2. The number of ether oxygens (including phenoxy) is 3.